The number of guanidine groups is 1. The molecule has 3 N–H and O–H groups in total. The Hall–Kier alpha value is -0.910. The SMILES string of the molecule is CN=C(NCc1ccc(CN2CCC(O)CC2)cc1)NC(C)CCS(C)(=O)=O.I. The van der Waals surface area contributed by atoms with E-state index in [9.17, 15) is 13.5 Å². The number of aliphatic hydroxyl groups is 1. The van der Waals surface area contributed by atoms with Crippen LogP contribution in [0.3, 0.4) is 0 Å². The van der Waals surface area contributed by atoms with Crippen molar-refractivity contribution in [2.24, 2.45) is 4.99 Å². The van der Waals surface area contributed by atoms with Crippen LogP contribution in [-0.4, -0.2) is 68.7 Å². The molecule has 1 fully saturated rings. The Kier molecular flexibility index (Phi) is 11.4. The fourth-order valence-corrected chi connectivity index (χ4v) is 3.96. The number of piperidine rings is 1. The monoisotopic (exact) mass is 538 g/mol. The first-order chi connectivity index (χ1) is 13.2. The summed E-state index contributed by atoms with van der Waals surface area (Å²) in [6.07, 6.45) is 3.38. The summed E-state index contributed by atoms with van der Waals surface area (Å²) in [5.74, 6) is 0.826. The van der Waals surface area contributed by atoms with E-state index < -0.39 is 9.84 Å². The van der Waals surface area contributed by atoms with Gasteiger partial charge in [-0.1, -0.05) is 24.3 Å². The van der Waals surface area contributed by atoms with Gasteiger partial charge in [-0.2, -0.15) is 0 Å². The molecule has 1 atom stereocenters. The van der Waals surface area contributed by atoms with Crippen LogP contribution in [0.15, 0.2) is 29.3 Å². The van der Waals surface area contributed by atoms with Crippen LogP contribution >= 0.6 is 24.0 Å². The zero-order valence-corrected chi connectivity index (χ0v) is 20.7. The zero-order chi connectivity index (χ0) is 20.6. The molecule has 9 heteroatoms. The van der Waals surface area contributed by atoms with Crippen molar-refractivity contribution in [3.05, 3.63) is 35.4 Å². The van der Waals surface area contributed by atoms with Gasteiger partial charge in [-0.25, -0.2) is 8.42 Å². The van der Waals surface area contributed by atoms with Gasteiger partial charge in [0.25, 0.3) is 0 Å². The van der Waals surface area contributed by atoms with Crippen molar-refractivity contribution in [1.82, 2.24) is 15.5 Å². The molecule has 0 amide bonds. The van der Waals surface area contributed by atoms with Gasteiger partial charge in [-0.3, -0.25) is 9.89 Å². The smallest absolute Gasteiger partial charge is 0.191 e. The number of rotatable bonds is 8. The summed E-state index contributed by atoms with van der Waals surface area (Å²) < 4.78 is 22.6. The third-order valence-corrected chi connectivity index (χ3v) is 5.95. The largest absolute Gasteiger partial charge is 0.393 e. The van der Waals surface area contributed by atoms with E-state index in [0.717, 1.165) is 38.0 Å². The molecule has 1 saturated heterocycles. The van der Waals surface area contributed by atoms with Crippen molar-refractivity contribution in [3.63, 3.8) is 0 Å². The second kappa shape index (κ2) is 12.7. The summed E-state index contributed by atoms with van der Waals surface area (Å²) in [7, 11) is -1.25. The number of nitrogens with one attached hydrogen (secondary N) is 2. The summed E-state index contributed by atoms with van der Waals surface area (Å²) in [5.41, 5.74) is 2.43. The predicted molar refractivity (Wildman–Crippen MR) is 129 cm³/mol. The van der Waals surface area contributed by atoms with E-state index in [1.54, 1.807) is 7.05 Å². The molecule has 0 aromatic heterocycles. The first-order valence-electron chi connectivity index (χ1n) is 9.88. The lowest BCUT2D eigenvalue weighted by Gasteiger charge is -2.29. The molecule has 0 spiro atoms. The molecule has 1 heterocycles. The summed E-state index contributed by atoms with van der Waals surface area (Å²) in [5, 5.41) is 16.1. The number of hydrogen-bond acceptors (Lipinski definition) is 5. The second-order valence-electron chi connectivity index (χ2n) is 7.71. The molecule has 1 aliphatic heterocycles. The highest BCUT2D eigenvalue weighted by molar-refractivity contribution is 14.0. The topological polar surface area (TPSA) is 94.0 Å². The lowest BCUT2D eigenvalue weighted by atomic mass is 10.1. The molecule has 0 saturated carbocycles. The standard InChI is InChI=1S/C20H34N4O3S.HI/c1-16(10-13-28(3,26)27)23-20(21-2)22-14-17-4-6-18(7-5-17)15-24-11-8-19(25)9-12-24;/h4-7,16,19,25H,8-15H2,1-3H3,(H2,21,22,23);1H. The van der Waals surface area contributed by atoms with Crippen LogP contribution in [0.1, 0.15) is 37.3 Å². The van der Waals surface area contributed by atoms with E-state index >= 15 is 0 Å². The molecule has 1 aromatic carbocycles. The Bertz CT molecular complexity index is 733. The van der Waals surface area contributed by atoms with Crippen LogP contribution < -0.4 is 10.6 Å². The summed E-state index contributed by atoms with van der Waals surface area (Å²) in [6, 6.07) is 8.54. The van der Waals surface area contributed by atoms with E-state index in [1.807, 2.05) is 6.92 Å². The number of benzene rings is 1. The molecule has 1 unspecified atom stereocenters. The predicted octanol–water partition coefficient (Wildman–Crippen LogP) is 1.75. The van der Waals surface area contributed by atoms with Crippen LogP contribution in [0.4, 0.5) is 0 Å². The molecular formula is C20H35IN4O3S. The minimum atomic E-state index is -2.95. The van der Waals surface area contributed by atoms with E-state index in [1.165, 1.54) is 11.8 Å². The number of aliphatic hydroxyl groups excluding tert-OH is 1. The number of aliphatic imine (C=N–C) groups is 1. The van der Waals surface area contributed by atoms with Crippen LogP contribution in [0.2, 0.25) is 0 Å². The Morgan fingerprint density at radius 2 is 1.83 bits per heavy atom. The molecule has 0 aliphatic carbocycles. The Balaban J connectivity index is 0.00000420. The maximum absolute atomic E-state index is 11.3. The van der Waals surface area contributed by atoms with Crippen LogP contribution in [0.5, 0.6) is 0 Å². The van der Waals surface area contributed by atoms with Gasteiger partial charge < -0.3 is 15.7 Å². The van der Waals surface area contributed by atoms with Gasteiger partial charge >= 0.3 is 0 Å². The number of nitrogens with zero attached hydrogens (tertiary/aromatic N) is 2. The van der Waals surface area contributed by atoms with Crippen molar-refractivity contribution in [1.29, 1.82) is 0 Å². The van der Waals surface area contributed by atoms with E-state index in [2.05, 4.69) is 44.8 Å². The molecule has 0 bridgehead atoms. The highest BCUT2D eigenvalue weighted by atomic mass is 127. The van der Waals surface area contributed by atoms with Crippen molar-refractivity contribution < 1.29 is 13.5 Å². The minimum Gasteiger partial charge on any atom is -0.393 e. The molecule has 166 valence electrons. The summed E-state index contributed by atoms with van der Waals surface area (Å²) in [4.78, 5) is 6.59. The lowest BCUT2D eigenvalue weighted by Crippen LogP contribution is -2.42. The average molecular weight is 538 g/mol. The molecule has 7 nitrogen and oxygen atoms in total. The quantitative estimate of drug-likeness (QED) is 0.265. The van der Waals surface area contributed by atoms with Crippen molar-refractivity contribution in [3.8, 4) is 0 Å². The Morgan fingerprint density at radius 1 is 1.24 bits per heavy atom. The third-order valence-electron chi connectivity index (χ3n) is 4.97. The minimum absolute atomic E-state index is 0. The molecule has 2 rings (SSSR count). The van der Waals surface area contributed by atoms with Crippen LogP contribution in [0, 0.1) is 0 Å². The highest BCUT2D eigenvalue weighted by Crippen LogP contribution is 2.14. The molecule has 1 aromatic rings. The first-order valence-corrected chi connectivity index (χ1v) is 11.9. The van der Waals surface area contributed by atoms with Crippen molar-refractivity contribution >= 4 is 39.8 Å². The highest BCUT2D eigenvalue weighted by Gasteiger charge is 2.16. The second-order valence-corrected chi connectivity index (χ2v) is 9.97. The number of halogens is 1. The van der Waals surface area contributed by atoms with Crippen molar-refractivity contribution in [2.75, 3.05) is 32.1 Å². The fraction of sp³-hybridized carbons (Fsp3) is 0.650. The number of sulfone groups is 1. The Labute approximate surface area is 192 Å². The summed E-state index contributed by atoms with van der Waals surface area (Å²) in [6.45, 7) is 5.41. The van der Waals surface area contributed by atoms with E-state index in [-0.39, 0.29) is 41.9 Å². The van der Waals surface area contributed by atoms with Gasteiger partial charge in [0.05, 0.1) is 11.9 Å². The van der Waals surface area contributed by atoms with Crippen LogP contribution in [-0.2, 0) is 22.9 Å². The van der Waals surface area contributed by atoms with Gasteiger partial charge in [-0.15, -0.1) is 24.0 Å². The number of hydrogen-bond donors (Lipinski definition) is 3. The summed E-state index contributed by atoms with van der Waals surface area (Å²) >= 11 is 0. The van der Waals surface area contributed by atoms with Crippen LogP contribution in [0.25, 0.3) is 0 Å². The van der Waals surface area contributed by atoms with Gasteiger partial charge in [-0.05, 0) is 37.3 Å². The Morgan fingerprint density at radius 3 is 2.38 bits per heavy atom. The van der Waals surface area contributed by atoms with E-state index in [4.69, 9.17) is 0 Å². The first kappa shape index (κ1) is 26.1. The normalized spacial score (nSPS) is 17.4. The molecule has 0 radical (unpaired) electrons. The fourth-order valence-electron chi connectivity index (χ4n) is 3.18. The number of likely N-dealkylation sites (tertiary alicyclic amines) is 1. The zero-order valence-electron chi connectivity index (χ0n) is 17.6. The van der Waals surface area contributed by atoms with Crippen molar-refractivity contribution in [2.45, 2.75) is 51.4 Å². The lowest BCUT2D eigenvalue weighted by molar-refractivity contribution is 0.0792. The maximum atomic E-state index is 11.3. The molecule has 29 heavy (non-hydrogen) atoms. The van der Waals surface area contributed by atoms with E-state index in [0.29, 0.717) is 18.9 Å². The van der Waals surface area contributed by atoms with Gasteiger partial charge in [0.15, 0.2) is 5.96 Å². The van der Waals surface area contributed by atoms with Gasteiger partial charge in [0.2, 0.25) is 0 Å². The third kappa shape index (κ3) is 10.6. The van der Waals surface area contributed by atoms with Gasteiger partial charge in [0, 0.05) is 45.5 Å². The molecule has 1 aliphatic rings. The van der Waals surface area contributed by atoms with Gasteiger partial charge in [0.1, 0.15) is 9.84 Å². The maximum Gasteiger partial charge on any atom is 0.191 e. The molecular weight excluding hydrogens is 503 g/mol. The average Bonchev–Trinajstić information content (AvgIpc) is 2.66.